The number of hydrogen-bond donors (Lipinski definition) is 2. The summed E-state index contributed by atoms with van der Waals surface area (Å²) < 4.78 is 10.5. The van der Waals surface area contributed by atoms with E-state index in [1.165, 1.54) is 0 Å². The molecule has 1 aromatic carbocycles. The van der Waals surface area contributed by atoms with Gasteiger partial charge in [0.2, 0.25) is 5.91 Å². The van der Waals surface area contributed by atoms with Crippen molar-refractivity contribution in [3.05, 3.63) is 30.0 Å². The molecule has 0 bridgehead atoms. The molecular weight excluding hydrogens is 284 g/mol. The Labute approximate surface area is 127 Å². The highest BCUT2D eigenvalue weighted by Crippen LogP contribution is 2.22. The van der Waals surface area contributed by atoms with Crippen LogP contribution in [0.2, 0.25) is 0 Å². The molecule has 0 saturated carbocycles. The fourth-order valence-electron chi connectivity index (χ4n) is 2.61. The van der Waals surface area contributed by atoms with Crippen molar-refractivity contribution in [2.75, 3.05) is 20.3 Å². The fourth-order valence-corrected chi connectivity index (χ4v) is 2.61. The molecule has 6 heteroatoms. The minimum atomic E-state index is -0.402. The SMILES string of the molecule is COc1ccc2cc(C(=O)OCC3CCNC(=O)C3)[nH]c2c1. The number of rotatable bonds is 4. The Bertz CT molecular complexity index is 707. The van der Waals surface area contributed by atoms with Gasteiger partial charge in [-0.3, -0.25) is 4.79 Å². The lowest BCUT2D eigenvalue weighted by Gasteiger charge is -2.21. The number of carbonyl (C=O) groups excluding carboxylic acids is 2. The number of hydrogen-bond acceptors (Lipinski definition) is 4. The summed E-state index contributed by atoms with van der Waals surface area (Å²) in [5.41, 5.74) is 1.23. The summed E-state index contributed by atoms with van der Waals surface area (Å²) in [4.78, 5) is 26.4. The zero-order chi connectivity index (χ0) is 15.5. The maximum absolute atomic E-state index is 12.1. The summed E-state index contributed by atoms with van der Waals surface area (Å²) >= 11 is 0. The van der Waals surface area contributed by atoms with Crippen LogP contribution in [0.4, 0.5) is 0 Å². The Morgan fingerprint density at radius 1 is 1.36 bits per heavy atom. The number of nitrogens with one attached hydrogen (secondary N) is 2. The van der Waals surface area contributed by atoms with Crippen molar-refractivity contribution in [3.8, 4) is 5.75 Å². The van der Waals surface area contributed by atoms with Gasteiger partial charge in [0.15, 0.2) is 0 Å². The van der Waals surface area contributed by atoms with Crippen molar-refractivity contribution >= 4 is 22.8 Å². The van der Waals surface area contributed by atoms with Crippen LogP contribution in [0.3, 0.4) is 0 Å². The van der Waals surface area contributed by atoms with Crippen LogP contribution in [-0.2, 0) is 9.53 Å². The van der Waals surface area contributed by atoms with Crippen LogP contribution in [0.5, 0.6) is 5.75 Å². The monoisotopic (exact) mass is 302 g/mol. The Morgan fingerprint density at radius 3 is 3.00 bits per heavy atom. The molecule has 1 aromatic heterocycles. The number of benzene rings is 1. The van der Waals surface area contributed by atoms with E-state index in [1.54, 1.807) is 13.2 Å². The smallest absolute Gasteiger partial charge is 0.354 e. The predicted molar refractivity (Wildman–Crippen MR) is 80.9 cm³/mol. The number of fused-ring (bicyclic) bond motifs is 1. The van der Waals surface area contributed by atoms with Crippen LogP contribution in [0.15, 0.2) is 24.3 Å². The molecular formula is C16H18N2O4. The number of piperidine rings is 1. The fraction of sp³-hybridized carbons (Fsp3) is 0.375. The van der Waals surface area contributed by atoms with Crippen LogP contribution in [0, 0.1) is 5.92 Å². The van der Waals surface area contributed by atoms with Crippen molar-refractivity contribution in [3.63, 3.8) is 0 Å². The first-order valence-corrected chi connectivity index (χ1v) is 7.26. The Hall–Kier alpha value is -2.50. The number of H-pyrrole nitrogens is 1. The number of esters is 1. The first kappa shape index (κ1) is 14.4. The van der Waals surface area contributed by atoms with Crippen molar-refractivity contribution in [2.24, 2.45) is 5.92 Å². The van der Waals surface area contributed by atoms with Gasteiger partial charge in [-0.2, -0.15) is 0 Å². The number of ether oxygens (including phenoxy) is 2. The Kier molecular flexibility index (Phi) is 4.00. The highest BCUT2D eigenvalue weighted by molar-refractivity contribution is 5.95. The van der Waals surface area contributed by atoms with Gasteiger partial charge in [0.25, 0.3) is 0 Å². The molecule has 1 aliphatic rings. The molecule has 0 spiro atoms. The molecule has 116 valence electrons. The second kappa shape index (κ2) is 6.09. The molecule has 1 unspecified atom stereocenters. The van der Waals surface area contributed by atoms with Crippen molar-refractivity contribution < 1.29 is 19.1 Å². The van der Waals surface area contributed by atoms with Crippen LogP contribution < -0.4 is 10.1 Å². The molecule has 2 heterocycles. The lowest BCUT2D eigenvalue weighted by Crippen LogP contribution is -2.35. The minimum absolute atomic E-state index is 0.0185. The van der Waals surface area contributed by atoms with Gasteiger partial charge in [0.1, 0.15) is 11.4 Å². The van der Waals surface area contributed by atoms with E-state index < -0.39 is 5.97 Å². The molecule has 22 heavy (non-hydrogen) atoms. The molecule has 6 nitrogen and oxygen atoms in total. The summed E-state index contributed by atoms with van der Waals surface area (Å²) in [5, 5.41) is 3.68. The molecule has 0 radical (unpaired) electrons. The lowest BCUT2D eigenvalue weighted by molar-refractivity contribution is -0.124. The normalized spacial score (nSPS) is 18.0. The van der Waals surface area contributed by atoms with Gasteiger partial charge < -0.3 is 19.8 Å². The molecule has 2 N–H and O–H groups in total. The van der Waals surface area contributed by atoms with Gasteiger partial charge in [0.05, 0.1) is 13.7 Å². The van der Waals surface area contributed by atoms with Crippen molar-refractivity contribution in [1.82, 2.24) is 10.3 Å². The van der Waals surface area contributed by atoms with E-state index in [0.29, 0.717) is 18.7 Å². The van der Waals surface area contributed by atoms with E-state index in [2.05, 4.69) is 10.3 Å². The number of carbonyl (C=O) groups is 2. The van der Waals surface area contributed by atoms with E-state index in [-0.39, 0.29) is 18.4 Å². The van der Waals surface area contributed by atoms with Crippen molar-refractivity contribution in [2.45, 2.75) is 12.8 Å². The van der Waals surface area contributed by atoms with Crippen LogP contribution in [-0.4, -0.2) is 37.1 Å². The second-order valence-electron chi connectivity index (χ2n) is 5.44. The van der Waals surface area contributed by atoms with Gasteiger partial charge in [-0.15, -0.1) is 0 Å². The molecule has 3 rings (SSSR count). The lowest BCUT2D eigenvalue weighted by atomic mass is 9.99. The summed E-state index contributed by atoms with van der Waals surface area (Å²) in [7, 11) is 1.60. The quantitative estimate of drug-likeness (QED) is 0.845. The highest BCUT2D eigenvalue weighted by atomic mass is 16.5. The van der Waals surface area contributed by atoms with Crippen molar-refractivity contribution in [1.29, 1.82) is 0 Å². The van der Waals surface area contributed by atoms with E-state index in [0.717, 1.165) is 23.1 Å². The number of amides is 1. The highest BCUT2D eigenvalue weighted by Gasteiger charge is 2.21. The zero-order valence-electron chi connectivity index (χ0n) is 12.3. The predicted octanol–water partition coefficient (Wildman–Crippen LogP) is 1.86. The number of methoxy groups -OCH3 is 1. The van der Waals surface area contributed by atoms with E-state index in [9.17, 15) is 9.59 Å². The maximum atomic E-state index is 12.1. The van der Waals surface area contributed by atoms with E-state index in [4.69, 9.17) is 9.47 Å². The Morgan fingerprint density at radius 2 is 2.23 bits per heavy atom. The van der Waals surface area contributed by atoms with Crippen LogP contribution >= 0.6 is 0 Å². The topological polar surface area (TPSA) is 80.4 Å². The maximum Gasteiger partial charge on any atom is 0.354 e. The molecule has 1 atom stereocenters. The Balaban J connectivity index is 1.65. The third-order valence-electron chi connectivity index (χ3n) is 3.85. The summed E-state index contributed by atoms with van der Waals surface area (Å²) in [6.45, 7) is 0.915. The van der Waals surface area contributed by atoms with Gasteiger partial charge >= 0.3 is 5.97 Å². The third kappa shape index (κ3) is 3.05. The summed E-state index contributed by atoms with van der Waals surface area (Å²) in [6.07, 6.45) is 1.25. The molecule has 1 amide bonds. The first-order valence-electron chi connectivity index (χ1n) is 7.26. The molecule has 1 fully saturated rings. The standard InChI is InChI=1S/C16H18N2O4/c1-21-12-3-2-11-7-14(18-13(11)8-12)16(20)22-9-10-4-5-17-15(19)6-10/h2-3,7-8,10,18H,4-6,9H2,1H3,(H,17,19). The average molecular weight is 302 g/mol. The third-order valence-corrected chi connectivity index (χ3v) is 3.85. The molecule has 0 aliphatic carbocycles. The van der Waals surface area contributed by atoms with Crippen LogP contribution in [0.25, 0.3) is 10.9 Å². The molecule has 1 aliphatic heterocycles. The van der Waals surface area contributed by atoms with Gasteiger partial charge in [-0.1, -0.05) is 0 Å². The number of aromatic amines is 1. The molecule has 1 saturated heterocycles. The summed E-state index contributed by atoms with van der Waals surface area (Å²) in [5.74, 6) is 0.441. The second-order valence-corrected chi connectivity index (χ2v) is 5.44. The van der Waals surface area contributed by atoms with E-state index in [1.807, 2.05) is 18.2 Å². The minimum Gasteiger partial charge on any atom is -0.497 e. The molecule has 2 aromatic rings. The van der Waals surface area contributed by atoms with Gasteiger partial charge in [-0.05, 0) is 24.6 Å². The average Bonchev–Trinajstić information content (AvgIpc) is 2.95. The first-order chi connectivity index (χ1) is 10.7. The zero-order valence-corrected chi connectivity index (χ0v) is 12.3. The van der Waals surface area contributed by atoms with E-state index >= 15 is 0 Å². The summed E-state index contributed by atoms with van der Waals surface area (Å²) in [6, 6.07) is 7.31. The van der Waals surface area contributed by atoms with Gasteiger partial charge in [-0.25, -0.2) is 4.79 Å². The van der Waals surface area contributed by atoms with Gasteiger partial charge in [0, 0.05) is 35.9 Å². The van der Waals surface area contributed by atoms with Crippen LogP contribution in [0.1, 0.15) is 23.3 Å². The number of aromatic nitrogens is 1. The largest absolute Gasteiger partial charge is 0.497 e.